The topological polar surface area (TPSA) is 106 Å². The molecular weight excluding hydrogens is 304 g/mol. The molecule has 9 heteroatoms. The van der Waals surface area contributed by atoms with E-state index in [1.807, 2.05) is 0 Å². The van der Waals surface area contributed by atoms with Gasteiger partial charge in [-0.1, -0.05) is 6.07 Å². The van der Waals surface area contributed by atoms with Gasteiger partial charge in [-0.25, -0.2) is 14.3 Å². The van der Waals surface area contributed by atoms with Gasteiger partial charge in [0.25, 0.3) is 0 Å². The van der Waals surface area contributed by atoms with Crippen molar-refractivity contribution in [2.24, 2.45) is 0 Å². The summed E-state index contributed by atoms with van der Waals surface area (Å²) in [5.41, 5.74) is -0.0143. The lowest BCUT2D eigenvalue weighted by molar-refractivity contribution is -0.148. The molecule has 2 aromatic heterocycles. The molecule has 3 heterocycles. The fraction of sp³-hybridized carbons (Fsp3) is 0.429. The third-order valence-corrected chi connectivity index (χ3v) is 3.97. The van der Waals surface area contributed by atoms with E-state index in [1.54, 1.807) is 24.4 Å². The van der Waals surface area contributed by atoms with Gasteiger partial charge in [0.15, 0.2) is 5.65 Å². The standard InChI is InChI=1S/C14H16N4O5/c1-23-9-6-10(13(20)21)17(7-9)12(19)8-18-14(22)16-5-3-2-4-11(16)15-18/h2-5,9-10H,6-8H2,1H3,(H,20,21). The number of carboxylic acids is 1. The predicted octanol–water partition coefficient (Wildman–Crippen LogP) is -0.803. The number of fused-ring (bicyclic) bond motifs is 1. The van der Waals surface area contributed by atoms with Gasteiger partial charge in [-0.2, -0.15) is 0 Å². The molecular formula is C14H16N4O5. The van der Waals surface area contributed by atoms with Gasteiger partial charge in [-0.3, -0.25) is 9.20 Å². The van der Waals surface area contributed by atoms with Gasteiger partial charge in [-0.05, 0) is 12.1 Å². The van der Waals surface area contributed by atoms with Crippen molar-refractivity contribution in [1.29, 1.82) is 0 Å². The molecule has 1 aliphatic heterocycles. The second-order valence-corrected chi connectivity index (χ2v) is 5.36. The summed E-state index contributed by atoms with van der Waals surface area (Å²) in [6.45, 7) is -0.116. The maximum absolute atomic E-state index is 12.4. The fourth-order valence-corrected chi connectivity index (χ4v) is 2.77. The fourth-order valence-electron chi connectivity index (χ4n) is 2.77. The minimum absolute atomic E-state index is 0.189. The van der Waals surface area contributed by atoms with Crippen LogP contribution in [0.3, 0.4) is 0 Å². The van der Waals surface area contributed by atoms with E-state index < -0.39 is 23.6 Å². The minimum atomic E-state index is -1.08. The van der Waals surface area contributed by atoms with Crippen molar-refractivity contribution < 1.29 is 19.4 Å². The molecule has 1 N–H and O–H groups in total. The van der Waals surface area contributed by atoms with Crippen LogP contribution in [0, 0.1) is 0 Å². The lowest BCUT2D eigenvalue weighted by Crippen LogP contribution is -2.43. The molecule has 2 aromatic rings. The Bertz CT molecular complexity index is 811. The first-order valence-electron chi connectivity index (χ1n) is 7.10. The Labute approximate surface area is 130 Å². The van der Waals surface area contributed by atoms with Gasteiger partial charge in [0.2, 0.25) is 5.91 Å². The normalized spacial score (nSPS) is 21.0. The van der Waals surface area contributed by atoms with Crippen LogP contribution in [-0.2, 0) is 20.9 Å². The number of methoxy groups -OCH3 is 1. The van der Waals surface area contributed by atoms with Crippen molar-refractivity contribution in [3.63, 3.8) is 0 Å². The molecule has 23 heavy (non-hydrogen) atoms. The van der Waals surface area contributed by atoms with Gasteiger partial charge in [0.05, 0.1) is 6.10 Å². The molecule has 1 amide bonds. The molecule has 1 saturated heterocycles. The highest BCUT2D eigenvalue weighted by Crippen LogP contribution is 2.20. The van der Waals surface area contributed by atoms with Crippen LogP contribution in [0.5, 0.6) is 0 Å². The quantitative estimate of drug-likeness (QED) is 0.790. The Morgan fingerprint density at radius 1 is 1.43 bits per heavy atom. The smallest absolute Gasteiger partial charge is 0.350 e. The molecule has 0 bridgehead atoms. The zero-order chi connectivity index (χ0) is 16.6. The summed E-state index contributed by atoms with van der Waals surface area (Å²) in [4.78, 5) is 37.1. The number of pyridine rings is 1. The molecule has 0 aliphatic carbocycles. The van der Waals surface area contributed by atoms with E-state index in [4.69, 9.17) is 4.74 Å². The molecule has 0 radical (unpaired) electrons. The summed E-state index contributed by atoms with van der Waals surface area (Å²) < 4.78 is 7.51. The Hall–Kier alpha value is -2.68. The van der Waals surface area contributed by atoms with Crippen molar-refractivity contribution in [3.8, 4) is 0 Å². The van der Waals surface area contributed by atoms with E-state index in [9.17, 15) is 19.5 Å². The van der Waals surface area contributed by atoms with Crippen LogP contribution in [0.4, 0.5) is 0 Å². The number of carbonyl (C=O) groups excluding carboxylic acids is 1. The molecule has 3 rings (SSSR count). The van der Waals surface area contributed by atoms with Crippen LogP contribution in [0.15, 0.2) is 29.2 Å². The lowest BCUT2D eigenvalue weighted by Gasteiger charge is -2.20. The van der Waals surface area contributed by atoms with E-state index >= 15 is 0 Å². The molecule has 2 atom stereocenters. The number of aromatic nitrogens is 3. The van der Waals surface area contributed by atoms with Gasteiger partial charge in [0.1, 0.15) is 12.6 Å². The first-order valence-corrected chi connectivity index (χ1v) is 7.10. The number of ether oxygens (including phenoxy) is 1. The molecule has 2 unspecified atom stereocenters. The van der Waals surface area contributed by atoms with Gasteiger partial charge in [0, 0.05) is 26.3 Å². The summed E-state index contributed by atoms with van der Waals surface area (Å²) >= 11 is 0. The van der Waals surface area contributed by atoms with E-state index in [2.05, 4.69) is 5.10 Å². The lowest BCUT2D eigenvalue weighted by atomic mass is 10.2. The Kier molecular flexibility index (Phi) is 3.87. The van der Waals surface area contributed by atoms with E-state index in [0.717, 1.165) is 4.68 Å². The maximum atomic E-state index is 12.4. The zero-order valence-electron chi connectivity index (χ0n) is 12.5. The molecule has 1 aliphatic rings. The highest BCUT2D eigenvalue weighted by atomic mass is 16.5. The average Bonchev–Trinajstić information content (AvgIpc) is 3.10. The monoisotopic (exact) mass is 320 g/mol. The Morgan fingerprint density at radius 3 is 2.87 bits per heavy atom. The summed E-state index contributed by atoms with van der Waals surface area (Å²) in [5, 5.41) is 13.3. The molecule has 0 spiro atoms. The Balaban J connectivity index is 1.84. The summed E-state index contributed by atoms with van der Waals surface area (Å²) in [6, 6.07) is 4.13. The van der Waals surface area contributed by atoms with Crippen molar-refractivity contribution in [2.75, 3.05) is 13.7 Å². The number of hydrogen-bond acceptors (Lipinski definition) is 5. The Morgan fingerprint density at radius 2 is 2.22 bits per heavy atom. The molecule has 122 valence electrons. The number of likely N-dealkylation sites (tertiary alicyclic amines) is 1. The second-order valence-electron chi connectivity index (χ2n) is 5.36. The molecule has 0 aromatic carbocycles. The number of carbonyl (C=O) groups is 2. The van der Waals surface area contributed by atoms with Crippen LogP contribution in [0.25, 0.3) is 5.65 Å². The average molecular weight is 320 g/mol. The van der Waals surface area contributed by atoms with Crippen LogP contribution >= 0.6 is 0 Å². The highest BCUT2D eigenvalue weighted by Gasteiger charge is 2.39. The van der Waals surface area contributed by atoms with Crippen molar-refractivity contribution in [1.82, 2.24) is 19.1 Å². The third kappa shape index (κ3) is 2.70. The predicted molar refractivity (Wildman–Crippen MR) is 78.0 cm³/mol. The third-order valence-electron chi connectivity index (χ3n) is 3.97. The maximum Gasteiger partial charge on any atom is 0.350 e. The molecule has 1 fully saturated rings. The van der Waals surface area contributed by atoms with E-state index in [0.29, 0.717) is 5.65 Å². The number of rotatable bonds is 4. The van der Waals surface area contributed by atoms with Gasteiger partial charge in [-0.15, -0.1) is 5.10 Å². The number of carboxylic acid groups (broad SMARTS) is 1. The summed E-state index contributed by atoms with van der Waals surface area (Å²) in [6.07, 6.45) is 1.47. The van der Waals surface area contributed by atoms with E-state index in [-0.39, 0.29) is 25.6 Å². The number of amides is 1. The van der Waals surface area contributed by atoms with Crippen LogP contribution < -0.4 is 5.69 Å². The first-order chi connectivity index (χ1) is 11.0. The largest absolute Gasteiger partial charge is 0.480 e. The second kappa shape index (κ2) is 5.84. The first kappa shape index (κ1) is 15.2. The summed E-state index contributed by atoms with van der Waals surface area (Å²) in [7, 11) is 1.48. The van der Waals surface area contributed by atoms with Crippen LogP contribution in [0.2, 0.25) is 0 Å². The van der Waals surface area contributed by atoms with E-state index in [1.165, 1.54) is 16.4 Å². The highest BCUT2D eigenvalue weighted by molar-refractivity contribution is 5.84. The molecule has 9 nitrogen and oxygen atoms in total. The zero-order valence-corrected chi connectivity index (χ0v) is 12.5. The SMILES string of the molecule is COC1CC(C(=O)O)N(C(=O)Cn2nc3ccccn3c2=O)C1. The van der Waals surface area contributed by atoms with Crippen molar-refractivity contribution in [3.05, 3.63) is 34.9 Å². The minimum Gasteiger partial charge on any atom is -0.480 e. The van der Waals surface area contributed by atoms with Crippen molar-refractivity contribution in [2.45, 2.75) is 25.1 Å². The number of aliphatic carboxylic acids is 1. The van der Waals surface area contributed by atoms with Gasteiger partial charge >= 0.3 is 11.7 Å². The number of hydrogen-bond donors (Lipinski definition) is 1. The van der Waals surface area contributed by atoms with Crippen LogP contribution in [-0.4, -0.2) is 61.9 Å². The van der Waals surface area contributed by atoms with Gasteiger partial charge < -0.3 is 14.7 Å². The molecule has 0 saturated carbocycles. The number of nitrogens with zero attached hydrogens (tertiary/aromatic N) is 4. The van der Waals surface area contributed by atoms with Crippen molar-refractivity contribution >= 4 is 17.5 Å². The summed E-state index contributed by atoms with van der Waals surface area (Å²) in [5.74, 6) is -1.55. The van der Waals surface area contributed by atoms with Crippen LogP contribution in [0.1, 0.15) is 6.42 Å².